The number of hydrogen-bond acceptors (Lipinski definition) is 2. The molecule has 106 valence electrons. The molecule has 0 fully saturated rings. The Kier molecular flexibility index (Phi) is 7.95. The van der Waals surface area contributed by atoms with E-state index in [4.69, 9.17) is 4.74 Å². The predicted octanol–water partition coefficient (Wildman–Crippen LogP) is 4.77. The molecule has 0 bridgehead atoms. The fourth-order valence-electron chi connectivity index (χ4n) is 2.01. The molecule has 0 saturated carbocycles. The minimum Gasteiger partial charge on any atom is -0.462 e. The lowest BCUT2D eigenvalue weighted by Crippen LogP contribution is -2.07. The van der Waals surface area contributed by atoms with Crippen molar-refractivity contribution in [3.63, 3.8) is 0 Å². The number of carbonyl (C=O) groups is 1. The van der Waals surface area contributed by atoms with Crippen LogP contribution < -0.4 is 0 Å². The Morgan fingerprint density at radius 2 is 1.84 bits per heavy atom. The van der Waals surface area contributed by atoms with Gasteiger partial charge in [0.25, 0.3) is 0 Å². The fraction of sp³-hybridized carbons (Fsp3) is 0.588. The molecule has 19 heavy (non-hydrogen) atoms. The maximum absolute atomic E-state index is 11.9. The highest BCUT2D eigenvalue weighted by Crippen LogP contribution is 2.10. The second kappa shape index (κ2) is 9.60. The molecular weight excluding hydrogens is 236 g/mol. The van der Waals surface area contributed by atoms with Crippen molar-refractivity contribution in [3.05, 3.63) is 35.4 Å². The Morgan fingerprint density at radius 1 is 1.05 bits per heavy atom. The van der Waals surface area contributed by atoms with Crippen molar-refractivity contribution in [2.24, 2.45) is 0 Å². The molecule has 0 aromatic heterocycles. The molecule has 2 nitrogen and oxygen atoms in total. The lowest BCUT2D eigenvalue weighted by Gasteiger charge is -2.06. The Bertz CT molecular complexity index is 371. The number of unbranched alkanes of at least 4 members (excludes halogenated alkanes) is 4. The number of rotatable bonds is 9. The molecule has 0 aliphatic carbocycles. The highest BCUT2D eigenvalue weighted by atomic mass is 16.5. The molecule has 0 aliphatic heterocycles. The summed E-state index contributed by atoms with van der Waals surface area (Å²) in [4.78, 5) is 11.9. The minimum atomic E-state index is -0.185. The van der Waals surface area contributed by atoms with Crippen LogP contribution in [0.1, 0.15) is 68.3 Å². The Balaban J connectivity index is 2.38. The third kappa shape index (κ3) is 6.42. The average molecular weight is 262 g/mol. The second-order valence-electron chi connectivity index (χ2n) is 5.00. The standard InChI is InChI=1S/C17H26O2/c1-3-5-7-8-13-19-17(18)16-12-9-11-15(14-16)10-6-4-2/h9,11-12,14H,3-8,10,13H2,1-2H3. The van der Waals surface area contributed by atoms with E-state index >= 15 is 0 Å². The Labute approximate surface area is 117 Å². The molecule has 0 spiro atoms. The van der Waals surface area contributed by atoms with Gasteiger partial charge in [0.1, 0.15) is 0 Å². The van der Waals surface area contributed by atoms with Crippen LogP contribution in [0.2, 0.25) is 0 Å². The molecule has 1 aromatic carbocycles. The molecule has 0 unspecified atom stereocenters. The lowest BCUT2D eigenvalue weighted by atomic mass is 10.1. The largest absolute Gasteiger partial charge is 0.462 e. The number of hydrogen-bond donors (Lipinski definition) is 0. The van der Waals surface area contributed by atoms with Gasteiger partial charge in [0, 0.05) is 0 Å². The van der Waals surface area contributed by atoms with Gasteiger partial charge in [-0.15, -0.1) is 0 Å². The SMILES string of the molecule is CCCCCCOC(=O)c1cccc(CCCC)c1. The summed E-state index contributed by atoms with van der Waals surface area (Å²) < 4.78 is 5.30. The van der Waals surface area contributed by atoms with Crippen LogP contribution in [0.25, 0.3) is 0 Å². The predicted molar refractivity (Wildman–Crippen MR) is 79.5 cm³/mol. The Morgan fingerprint density at radius 3 is 2.58 bits per heavy atom. The van der Waals surface area contributed by atoms with Crippen molar-refractivity contribution in [2.75, 3.05) is 6.61 Å². The van der Waals surface area contributed by atoms with Crippen LogP contribution in [0.4, 0.5) is 0 Å². The van der Waals surface area contributed by atoms with E-state index in [0.29, 0.717) is 12.2 Å². The first-order valence-electron chi connectivity index (χ1n) is 7.54. The monoisotopic (exact) mass is 262 g/mol. The van der Waals surface area contributed by atoms with Gasteiger partial charge in [-0.3, -0.25) is 0 Å². The van der Waals surface area contributed by atoms with Crippen LogP contribution >= 0.6 is 0 Å². The molecule has 1 rings (SSSR count). The first kappa shape index (κ1) is 15.7. The van der Waals surface area contributed by atoms with Gasteiger partial charge in [-0.1, -0.05) is 51.7 Å². The summed E-state index contributed by atoms with van der Waals surface area (Å²) in [6.07, 6.45) is 7.89. The highest BCUT2D eigenvalue weighted by molar-refractivity contribution is 5.89. The van der Waals surface area contributed by atoms with E-state index in [1.807, 2.05) is 18.2 Å². The molecule has 0 atom stereocenters. The normalized spacial score (nSPS) is 10.4. The first-order chi connectivity index (χ1) is 9.27. The van der Waals surface area contributed by atoms with E-state index in [1.165, 1.54) is 24.8 Å². The van der Waals surface area contributed by atoms with Gasteiger partial charge in [-0.05, 0) is 37.0 Å². The third-order valence-electron chi connectivity index (χ3n) is 3.21. The topological polar surface area (TPSA) is 26.3 Å². The lowest BCUT2D eigenvalue weighted by molar-refractivity contribution is 0.0497. The molecule has 0 heterocycles. The van der Waals surface area contributed by atoms with Crippen LogP contribution in [-0.2, 0) is 11.2 Å². The first-order valence-corrected chi connectivity index (χ1v) is 7.54. The molecule has 0 N–H and O–H groups in total. The zero-order chi connectivity index (χ0) is 13.9. The van der Waals surface area contributed by atoms with Gasteiger partial charge >= 0.3 is 5.97 Å². The van der Waals surface area contributed by atoms with Gasteiger partial charge in [0.05, 0.1) is 12.2 Å². The van der Waals surface area contributed by atoms with E-state index in [9.17, 15) is 4.79 Å². The van der Waals surface area contributed by atoms with Crippen molar-refractivity contribution in [1.82, 2.24) is 0 Å². The van der Waals surface area contributed by atoms with E-state index < -0.39 is 0 Å². The molecule has 0 saturated heterocycles. The van der Waals surface area contributed by atoms with Gasteiger partial charge in [0.2, 0.25) is 0 Å². The van der Waals surface area contributed by atoms with Crippen LogP contribution in [0.3, 0.4) is 0 Å². The fourth-order valence-corrected chi connectivity index (χ4v) is 2.01. The summed E-state index contributed by atoms with van der Waals surface area (Å²) in [5.41, 5.74) is 1.91. The van der Waals surface area contributed by atoms with Crippen molar-refractivity contribution < 1.29 is 9.53 Å². The minimum absolute atomic E-state index is 0.185. The van der Waals surface area contributed by atoms with Crippen molar-refractivity contribution in [3.8, 4) is 0 Å². The Hall–Kier alpha value is -1.31. The number of ether oxygens (including phenoxy) is 1. The van der Waals surface area contributed by atoms with E-state index in [-0.39, 0.29) is 5.97 Å². The number of esters is 1. The zero-order valence-corrected chi connectivity index (χ0v) is 12.3. The molecule has 1 aromatic rings. The molecule has 0 aliphatic rings. The highest BCUT2D eigenvalue weighted by Gasteiger charge is 2.07. The molecule has 0 radical (unpaired) electrons. The quantitative estimate of drug-likeness (QED) is 0.473. The van der Waals surface area contributed by atoms with Gasteiger partial charge in [0.15, 0.2) is 0 Å². The van der Waals surface area contributed by atoms with E-state index in [0.717, 1.165) is 25.7 Å². The second-order valence-corrected chi connectivity index (χ2v) is 5.00. The van der Waals surface area contributed by atoms with Crippen LogP contribution in [-0.4, -0.2) is 12.6 Å². The summed E-state index contributed by atoms with van der Waals surface area (Å²) in [6.45, 7) is 4.89. The van der Waals surface area contributed by atoms with Crippen LogP contribution in [0.5, 0.6) is 0 Å². The molecule has 0 amide bonds. The maximum Gasteiger partial charge on any atom is 0.338 e. The smallest absolute Gasteiger partial charge is 0.338 e. The van der Waals surface area contributed by atoms with E-state index in [1.54, 1.807) is 0 Å². The van der Waals surface area contributed by atoms with Gasteiger partial charge in [-0.25, -0.2) is 4.79 Å². The summed E-state index contributed by atoms with van der Waals surface area (Å²) >= 11 is 0. The number of aryl methyl sites for hydroxylation is 1. The van der Waals surface area contributed by atoms with Crippen molar-refractivity contribution >= 4 is 5.97 Å². The molecule has 2 heteroatoms. The summed E-state index contributed by atoms with van der Waals surface area (Å²) in [5, 5.41) is 0. The summed E-state index contributed by atoms with van der Waals surface area (Å²) in [7, 11) is 0. The summed E-state index contributed by atoms with van der Waals surface area (Å²) in [5.74, 6) is -0.185. The number of carbonyl (C=O) groups excluding carboxylic acids is 1. The van der Waals surface area contributed by atoms with Crippen LogP contribution in [0, 0.1) is 0 Å². The molecular formula is C17H26O2. The van der Waals surface area contributed by atoms with Crippen LogP contribution in [0.15, 0.2) is 24.3 Å². The third-order valence-corrected chi connectivity index (χ3v) is 3.21. The van der Waals surface area contributed by atoms with Gasteiger partial charge in [-0.2, -0.15) is 0 Å². The van der Waals surface area contributed by atoms with E-state index in [2.05, 4.69) is 19.9 Å². The van der Waals surface area contributed by atoms with Crippen molar-refractivity contribution in [2.45, 2.75) is 58.8 Å². The maximum atomic E-state index is 11.9. The number of benzene rings is 1. The average Bonchev–Trinajstić information content (AvgIpc) is 2.45. The van der Waals surface area contributed by atoms with Crippen molar-refractivity contribution in [1.29, 1.82) is 0 Å². The summed E-state index contributed by atoms with van der Waals surface area (Å²) in [6, 6.07) is 7.82. The zero-order valence-electron chi connectivity index (χ0n) is 12.3. The van der Waals surface area contributed by atoms with Gasteiger partial charge < -0.3 is 4.74 Å².